The van der Waals surface area contributed by atoms with Gasteiger partial charge < -0.3 is 0 Å². The molecular formula is C5H10S4. The molecule has 1 saturated heterocycles. The molecule has 0 bridgehead atoms. The van der Waals surface area contributed by atoms with Gasteiger partial charge in [-0.1, -0.05) is 0 Å². The van der Waals surface area contributed by atoms with Crippen LogP contribution in [0, 0.1) is 0 Å². The van der Waals surface area contributed by atoms with Crippen LogP contribution < -0.4 is 0 Å². The van der Waals surface area contributed by atoms with Crippen molar-refractivity contribution in [2.24, 2.45) is 0 Å². The van der Waals surface area contributed by atoms with E-state index in [1.54, 1.807) is 0 Å². The zero-order chi connectivity index (χ0) is 6.74. The van der Waals surface area contributed by atoms with E-state index in [0.29, 0.717) is 4.08 Å². The lowest BCUT2D eigenvalue weighted by Crippen LogP contribution is -2.20. The molecule has 0 unspecified atom stereocenters. The Balaban J connectivity index is 2.37. The van der Waals surface area contributed by atoms with Gasteiger partial charge in [-0.05, 0) is 6.92 Å². The van der Waals surface area contributed by atoms with Crippen LogP contribution in [0.1, 0.15) is 6.92 Å². The third-order valence-electron chi connectivity index (χ3n) is 1.18. The summed E-state index contributed by atoms with van der Waals surface area (Å²) < 4.78 is 0.397. The molecule has 0 amide bonds. The summed E-state index contributed by atoms with van der Waals surface area (Å²) in [5.41, 5.74) is 0. The Labute approximate surface area is 74.7 Å². The lowest BCUT2D eigenvalue weighted by atomic mass is 10.5. The van der Waals surface area contributed by atoms with Gasteiger partial charge in [-0.2, -0.15) is 12.6 Å². The fourth-order valence-electron chi connectivity index (χ4n) is 0.500. The lowest BCUT2D eigenvalue weighted by molar-refractivity contribution is 1.05. The molecule has 4 heteroatoms. The number of rotatable bonds is 1. The first-order valence-corrected chi connectivity index (χ1v) is 6.49. The zero-order valence-electron chi connectivity index (χ0n) is 5.29. The SMILES string of the molecule is CC1(CS)SCSCS1. The molecule has 0 radical (unpaired) electrons. The molecule has 1 rings (SSSR count). The van der Waals surface area contributed by atoms with E-state index in [-0.39, 0.29) is 0 Å². The molecule has 0 atom stereocenters. The Bertz CT molecular complexity index is 87.0. The molecule has 54 valence electrons. The second-order valence-corrected chi connectivity index (χ2v) is 7.27. The fourth-order valence-corrected chi connectivity index (χ4v) is 5.97. The van der Waals surface area contributed by atoms with Gasteiger partial charge in [0, 0.05) is 15.9 Å². The highest BCUT2D eigenvalue weighted by Gasteiger charge is 2.26. The lowest BCUT2D eigenvalue weighted by Gasteiger charge is -2.29. The Kier molecular flexibility index (Phi) is 3.49. The van der Waals surface area contributed by atoms with Crippen molar-refractivity contribution in [3.8, 4) is 0 Å². The fraction of sp³-hybridized carbons (Fsp3) is 1.00. The maximum Gasteiger partial charge on any atom is 0.0687 e. The maximum atomic E-state index is 4.30. The van der Waals surface area contributed by atoms with Gasteiger partial charge in [-0.25, -0.2) is 0 Å². The van der Waals surface area contributed by atoms with Crippen molar-refractivity contribution in [2.45, 2.75) is 11.0 Å². The number of hydrogen-bond acceptors (Lipinski definition) is 4. The van der Waals surface area contributed by atoms with Crippen molar-refractivity contribution in [1.29, 1.82) is 0 Å². The van der Waals surface area contributed by atoms with Crippen LogP contribution in [0.3, 0.4) is 0 Å². The maximum absolute atomic E-state index is 4.30. The van der Waals surface area contributed by atoms with Crippen molar-refractivity contribution >= 4 is 47.9 Å². The smallest absolute Gasteiger partial charge is 0.0687 e. The minimum absolute atomic E-state index is 0.397. The van der Waals surface area contributed by atoms with Crippen molar-refractivity contribution in [3.05, 3.63) is 0 Å². The summed E-state index contributed by atoms with van der Waals surface area (Å²) in [5.74, 6) is 0.989. The van der Waals surface area contributed by atoms with Crippen LogP contribution in [0.2, 0.25) is 0 Å². The van der Waals surface area contributed by atoms with Gasteiger partial charge in [0.25, 0.3) is 0 Å². The highest BCUT2D eigenvalue weighted by Crippen LogP contribution is 2.45. The molecule has 0 saturated carbocycles. The predicted molar refractivity (Wildman–Crippen MR) is 54.8 cm³/mol. The molecule has 1 heterocycles. The van der Waals surface area contributed by atoms with Crippen LogP contribution >= 0.6 is 47.9 Å². The van der Waals surface area contributed by atoms with Gasteiger partial charge in [0.1, 0.15) is 0 Å². The quantitative estimate of drug-likeness (QED) is 0.644. The van der Waals surface area contributed by atoms with Gasteiger partial charge in [0.15, 0.2) is 0 Å². The van der Waals surface area contributed by atoms with E-state index in [4.69, 9.17) is 0 Å². The molecule has 0 spiro atoms. The molecule has 0 aromatic heterocycles. The topological polar surface area (TPSA) is 0 Å². The summed E-state index contributed by atoms with van der Waals surface area (Å²) in [7, 11) is 0. The Morgan fingerprint density at radius 3 is 2.33 bits per heavy atom. The van der Waals surface area contributed by atoms with E-state index in [1.807, 2.05) is 35.3 Å². The van der Waals surface area contributed by atoms with E-state index in [2.05, 4.69) is 19.6 Å². The first kappa shape index (κ1) is 8.50. The normalized spacial score (nSPS) is 26.0. The molecule has 0 aromatic rings. The highest BCUT2D eigenvalue weighted by molar-refractivity contribution is 8.33. The van der Waals surface area contributed by atoms with Crippen molar-refractivity contribution < 1.29 is 0 Å². The third-order valence-corrected chi connectivity index (χ3v) is 6.74. The minimum atomic E-state index is 0.397. The van der Waals surface area contributed by atoms with E-state index in [1.165, 1.54) is 10.2 Å². The molecule has 1 aliphatic rings. The highest BCUT2D eigenvalue weighted by atomic mass is 32.3. The zero-order valence-corrected chi connectivity index (χ0v) is 8.64. The Morgan fingerprint density at radius 1 is 1.44 bits per heavy atom. The van der Waals surface area contributed by atoms with Gasteiger partial charge >= 0.3 is 0 Å². The molecule has 9 heavy (non-hydrogen) atoms. The van der Waals surface area contributed by atoms with E-state index < -0.39 is 0 Å². The summed E-state index contributed by atoms with van der Waals surface area (Å²) in [6, 6.07) is 0. The molecule has 0 aromatic carbocycles. The first-order chi connectivity index (χ1) is 4.27. The summed E-state index contributed by atoms with van der Waals surface area (Å²) in [4.78, 5) is 0. The molecule has 0 N–H and O–H groups in total. The Hall–Kier alpha value is 1.40. The third kappa shape index (κ3) is 2.48. The molecule has 0 nitrogen and oxygen atoms in total. The average molecular weight is 198 g/mol. The monoisotopic (exact) mass is 198 g/mol. The van der Waals surface area contributed by atoms with E-state index in [9.17, 15) is 0 Å². The second-order valence-electron chi connectivity index (χ2n) is 2.02. The first-order valence-electron chi connectivity index (χ1n) is 2.73. The van der Waals surface area contributed by atoms with Gasteiger partial charge in [-0.3, -0.25) is 0 Å². The van der Waals surface area contributed by atoms with E-state index >= 15 is 0 Å². The summed E-state index contributed by atoms with van der Waals surface area (Å²) in [6.07, 6.45) is 0. The predicted octanol–water partition coefficient (Wildman–Crippen LogP) is 2.76. The van der Waals surface area contributed by atoms with Crippen LogP contribution in [0.25, 0.3) is 0 Å². The molecule has 1 fully saturated rings. The van der Waals surface area contributed by atoms with Gasteiger partial charge in [0.05, 0.1) is 4.08 Å². The average Bonchev–Trinajstić information content (AvgIpc) is 1.90. The van der Waals surface area contributed by atoms with Crippen LogP contribution in [0.15, 0.2) is 0 Å². The molecule has 1 aliphatic heterocycles. The van der Waals surface area contributed by atoms with Crippen LogP contribution in [-0.2, 0) is 0 Å². The Morgan fingerprint density at radius 2 is 2.00 bits per heavy atom. The van der Waals surface area contributed by atoms with Gasteiger partial charge in [0.2, 0.25) is 0 Å². The van der Waals surface area contributed by atoms with Crippen molar-refractivity contribution in [3.63, 3.8) is 0 Å². The van der Waals surface area contributed by atoms with Gasteiger partial charge in [-0.15, -0.1) is 35.3 Å². The van der Waals surface area contributed by atoms with E-state index in [0.717, 1.165) is 5.75 Å². The van der Waals surface area contributed by atoms with Crippen molar-refractivity contribution in [2.75, 3.05) is 15.9 Å². The van der Waals surface area contributed by atoms with Crippen LogP contribution in [0.5, 0.6) is 0 Å². The van der Waals surface area contributed by atoms with Crippen LogP contribution in [0.4, 0.5) is 0 Å². The number of thiol groups is 1. The number of thioether (sulfide) groups is 3. The second kappa shape index (κ2) is 3.69. The standard InChI is InChI=1S/C5H10S4/c1-5(2-6)8-3-7-4-9-5/h6H,2-4H2,1H3. The summed E-state index contributed by atoms with van der Waals surface area (Å²) in [5, 5.41) is 2.48. The minimum Gasteiger partial charge on any atom is -0.177 e. The van der Waals surface area contributed by atoms with Crippen LogP contribution in [-0.4, -0.2) is 20.0 Å². The molecular weight excluding hydrogens is 188 g/mol. The summed E-state index contributed by atoms with van der Waals surface area (Å²) >= 11 is 10.3. The number of hydrogen-bond donors (Lipinski definition) is 1. The summed E-state index contributed by atoms with van der Waals surface area (Å²) in [6.45, 7) is 2.27. The molecule has 0 aliphatic carbocycles. The largest absolute Gasteiger partial charge is 0.177 e. The van der Waals surface area contributed by atoms with Crippen molar-refractivity contribution in [1.82, 2.24) is 0 Å².